The van der Waals surface area contributed by atoms with Gasteiger partial charge >= 0.3 is 0 Å². The third-order valence-corrected chi connectivity index (χ3v) is 4.55. The number of benzene rings is 2. The SMILES string of the molecule is CC(Nc1ccc(S(N)(=O)=O)cc1)c1ccc(F)c(Br)c1. The van der Waals surface area contributed by atoms with Crippen LogP contribution in [0.5, 0.6) is 0 Å². The van der Waals surface area contributed by atoms with Gasteiger partial charge in [0.1, 0.15) is 5.82 Å². The van der Waals surface area contributed by atoms with Crippen LogP contribution in [0.25, 0.3) is 0 Å². The molecule has 2 aromatic rings. The summed E-state index contributed by atoms with van der Waals surface area (Å²) in [6.45, 7) is 1.92. The molecule has 2 aromatic carbocycles. The zero-order valence-electron chi connectivity index (χ0n) is 11.2. The molecule has 7 heteroatoms. The first-order chi connectivity index (χ1) is 9.77. The van der Waals surface area contributed by atoms with Crippen LogP contribution in [0.1, 0.15) is 18.5 Å². The van der Waals surface area contributed by atoms with Crippen LogP contribution in [0.2, 0.25) is 0 Å². The van der Waals surface area contributed by atoms with Crippen molar-refractivity contribution >= 4 is 31.6 Å². The molecule has 0 aliphatic carbocycles. The van der Waals surface area contributed by atoms with Gasteiger partial charge in [0, 0.05) is 11.7 Å². The standard InChI is InChI=1S/C14H14BrFN2O2S/c1-9(10-2-7-14(16)13(15)8-10)18-11-3-5-12(6-4-11)21(17,19)20/h2-9,18H,1H3,(H2,17,19,20). The van der Waals surface area contributed by atoms with Crippen LogP contribution in [-0.4, -0.2) is 8.42 Å². The first-order valence-electron chi connectivity index (χ1n) is 6.12. The van der Waals surface area contributed by atoms with E-state index < -0.39 is 10.0 Å². The largest absolute Gasteiger partial charge is 0.379 e. The average Bonchev–Trinajstić information content (AvgIpc) is 2.41. The van der Waals surface area contributed by atoms with Crippen LogP contribution < -0.4 is 10.5 Å². The lowest BCUT2D eigenvalue weighted by atomic mass is 10.1. The van der Waals surface area contributed by atoms with Crippen molar-refractivity contribution in [3.05, 3.63) is 58.3 Å². The highest BCUT2D eigenvalue weighted by molar-refractivity contribution is 9.10. The Labute approximate surface area is 131 Å². The molecule has 112 valence electrons. The van der Waals surface area contributed by atoms with Gasteiger partial charge in [-0.1, -0.05) is 6.07 Å². The Morgan fingerprint density at radius 2 is 1.81 bits per heavy atom. The van der Waals surface area contributed by atoms with Crippen molar-refractivity contribution < 1.29 is 12.8 Å². The Kier molecular flexibility index (Phi) is 4.65. The number of hydrogen-bond acceptors (Lipinski definition) is 3. The fourth-order valence-electron chi connectivity index (χ4n) is 1.86. The maximum atomic E-state index is 13.2. The summed E-state index contributed by atoms with van der Waals surface area (Å²) in [4.78, 5) is 0.0604. The Bertz CT molecular complexity index is 748. The number of halogens is 2. The van der Waals surface area contributed by atoms with Crippen molar-refractivity contribution in [3.63, 3.8) is 0 Å². The molecule has 2 rings (SSSR count). The zero-order valence-corrected chi connectivity index (χ0v) is 13.6. The van der Waals surface area contributed by atoms with Crippen molar-refractivity contribution in [2.24, 2.45) is 5.14 Å². The lowest BCUT2D eigenvalue weighted by molar-refractivity contribution is 0.598. The summed E-state index contributed by atoms with van der Waals surface area (Å²) in [5.41, 5.74) is 1.65. The van der Waals surface area contributed by atoms with Crippen molar-refractivity contribution in [2.75, 3.05) is 5.32 Å². The number of rotatable bonds is 4. The molecule has 1 unspecified atom stereocenters. The summed E-state index contributed by atoms with van der Waals surface area (Å²) in [6.07, 6.45) is 0. The summed E-state index contributed by atoms with van der Waals surface area (Å²) in [7, 11) is -3.69. The van der Waals surface area contributed by atoms with Gasteiger partial charge in [-0.05, 0) is 64.8 Å². The fourth-order valence-corrected chi connectivity index (χ4v) is 2.77. The van der Waals surface area contributed by atoms with E-state index in [4.69, 9.17) is 5.14 Å². The smallest absolute Gasteiger partial charge is 0.238 e. The monoisotopic (exact) mass is 372 g/mol. The fraction of sp³-hybridized carbons (Fsp3) is 0.143. The highest BCUT2D eigenvalue weighted by Crippen LogP contribution is 2.24. The normalized spacial score (nSPS) is 13.0. The van der Waals surface area contributed by atoms with E-state index in [1.165, 1.54) is 18.2 Å². The van der Waals surface area contributed by atoms with E-state index in [0.29, 0.717) is 4.47 Å². The number of nitrogens with two attached hydrogens (primary N) is 1. The molecule has 4 nitrogen and oxygen atoms in total. The Morgan fingerprint density at radius 1 is 1.19 bits per heavy atom. The van der Waals surface area contributed by atoms with Gasteiger partial charge in [-0.2, -0.15) is 0 Å². The molecule has 0 radical (unpaired) electrons. The maximum absolute atomic E-state index is 13.2. The minimum Gasteiger partial charge on any atom is -0.379 e. The van der Waals surface area contributed by atoms with Crippen molar-refractivity contribution in [1.82, 2.24) is 0 Å². The lowest BCUT2D eigenvalue weighted by Gasteiger charge is -2.16. The van der Waals surface area contributed by atoms with Crippen LogP contribution in [0, 0.1) is 5.82 Å². The second kappa shape index (κ2) is 6.13. The van der Waals surface area contributed by atoms with Gasteiger partial charge in [-0.3, -0.25) is 0 Å². The molecule has 0 aliphatic heterocycles. The molecule has 0 fully saturated rings. The van der Waals surface area contributed by atoms with E-state index in [1.807, 2.05) is 6.92 Å². The molecule has 0 bridgehead atoms. The maximum Gasteiger partial charge on any atom is 0.238 e. The highest BCUT2D eigenvalue weighted by atomic mass is 79.9. The van der Waals surface area contributed by atoms with E-state index >= 15 is 0 Å². The molecule has 0 amide bonds. The van der Waals surface area contributed by atoms with Gasteiger partial charge in [0.15, 0.2) is 0 Å². The van der Waals surface area contributed by atoms with E-state index in [0.717, 1.165) is 11.3 Å². The van der Waals surface area contributed by atoms with Crippen LogP contribution in [-0.2, 0) is 10.0 Å². The van der Waals surface area contributed by atoms with Gasteiger partial charge in [0.25, 0.3) is 0 Å². The molecule has 1 atom stereocenters. The summed E-state index contributed by atoms with van der Waals surface area (Å²) in [5.74, 6) is -0.316. The van der Waals surface area contributed by atoms with Crippen molar-refractivity contribution in [2.45, 2.75) is 17.9 Å². The predicted octanol–water partition coefficient (Wildman–Crippen LogP) is 3.41. The summed E-state index contributed by atoms with van der Waals surface area (Å²) >= 11 is 3.15. The number of sulfonamides is 1. The van der Waals surface area contributed by atoms with Gasteiger partial charge in [0.2, 0.25) is 10.0 Å². The van der Waals surface area contributed by atoms with Crippen LogP contribution >= 0.6 is 15.9 Å². The first kappa shape index (κ1) is 15.9. The van der Waals surface area contributed by atoms with Gasteiger partial charge in [-0.25, -0.2) is 17.9 Å². The molecule has 0 aromatic heterocycles. The predicted molar refractivity (Wildman–Crippen MR) is 84.0 cm³/mol. The van der Waals surface area contributed by atoms with Gasteiger partial charge < -0.3 is 5.32 Å². The minimum absolute atomic E-state index is 0.0604. The number of primary sulfonamides is 1. The third-order valence-electron chi connectivity index (χ3n) is 3.01. The van der Waals surface area contributed by atoms with E-state index in [-0.39, 0.29) is 16.8 Å². The number of nitrogens with one attached hydrogen (secondary N) is 1. The molecular weight excluding hydrogens is 359 g/mol. The molecule has 3 N–H and O–H groups in total. The highest BCUT2D eigenvalue weighted by Gasteiger charge is 2.10. The van der Waals surface area contributed by atoms with E-state index in [9.17, 15) is 12.8 Å². The second-order valence-electron chi connectivity index (χ2n) is 4.61. The minimum atomic E-state index is -3.69. The van der Waals surface area contributed by atoms with Gasteiger partial charge in [0.05, 0.1) is 9.37 Å². The zero-order chi connectivity index (χ0) is 15.6. The molecule has 21 heavy (non-hydrogen) atoms. The Balaban J connectivity index is 2.15. The molecule has 0 saturated heterocycles. The van der Waals surface area contributed by atoms with Crippen molar-refractivity contribution in [1.29, 1.82) is 0 Å². The van der Waals surface area contributed by atoms with Crippen molar-refractivity contribution in [3.8, 4) is 0 Å². The topological polar surface area (TPSA) is 72.2 Å². The molecule has 0 saturated carbocycles. The molecular formula is C14H14BrFN2O2S. The average molecular weight is 373 g/mol. The van der Waals surface area contributed by atoms with Crippen LogP contribution in [0.4, 0.5) is 10.1 Å². The van der Waals surface area contributed by atoms with E-state index in [1.54, 1.807) is 24.3 Å². The van der Waals surface area contributed by atoms with Crippen LogP contribution in [0.15, 0.2) is 51.8 Å². The lowest BCUT2D eigenvalue weighted by Crippen LogP contribution is -2.12. The third kappa shape index (κ3) is 4.03. The molecule has 0 spiro atoms. The quantitative estimate of drug-likeness (QED) is 0.863. The number of anilines is 1. The summed E-state index contributed by atoms with van der Waals surface area (Å²) < 4.78 is 36.0. The Morgan fingerprint density at radius 3 is 2.33 bits per heavy atom. The summed E-state index contributed by atoms with van der Waals surface area (Å²) in [6, 6.07) is 10.9. The van der Waals surface area contributed by atoms with Crippen LogP contribution in [0.3, 0.4) is 0 Å². The molecule has 0 heterocycles. The molecule has 0 aliphatic rings. The second-order valence-corrected chi connectivity index (χ2v) is 7.02. The number of hydrogen-bond donors (Lipinski definition) is 2. The first-order valence-corrected chi connectivity index (χ1v) is 8.45. The van der Waals surface area contributed by atoms with E-state index in [2.05, 4.69) is 21.2 Å². The van der Waals surface area contributed by atoms with Gasteiger partial charge in [-0.15, -0.1) is 0 Å². The summed E-state index contributed by atoms with van der Waals surface area (Å²) in [5, 5.41) is 8.25. The Hall–Kier alpha value is -1.44.